The van der Waals surface area contributed by atoms with E-state index in [1.165, 1.54) is 5.56 Å². The molecule has 0 saturated carbocycles. The summed E-state index contributed by atoms with van der Waals surface area (Å²) >= 11 is 3.67. The van der Waals surface area contributed by atoms with Gasteiger partial charge in [-0.15, -0.1) is 0 Å². The number of halogens is 1. The quantitative estimate of drug-likeness (QED) is 0.443. The summed E-state index contributed by atoms with van der Waals surface area (Å²) < 4.78 is 11.9. The molecule has 3 aromatic carbocycles. The van der Waals surface area contributed by atoms with Gasteiger partial charge in [0.1, 0.15) is 0 Å². The van der Waals surface area contributed by atoms with Crippen molar-refractivity contribution < 1.29 is 9.47 Å². The van der Waals surface area contributed by atoms with Gasteiger partial charge in [-0.3, -0.25) is 4.90 Å². The third-order valence-corrected chi connectivity index (χ3v) is 5.24. The fraction of sp³-hybridized carbons (Fsp3) is 0.200. The molecule has 0 aliphatic heterocycles. The molecule has 0 aromatic heterocycles. The van der Waals surface area contributed by atoms with E-state index in [9.17, 15) is 0 Å². The second kappa shape index (κ2) is 10.7. The number of hydrogen-bond donors (Lipinski definition) is 0. The normalized spacial score (nSPS) is 10.3. The maximum absolute atomic E-state index is 5.48. The van der Waals surface area contributed by atoms with Gasteiger partial charge >= 0.3 is 0 Å². The van der Waals surface area contributed by atoms with Crippen molar-refractivity contribution >= 4 is 15.9 Å². The van der Waals surface area contributed by atoms with Gasteiger partial charge in [-0.25, -0.2) is 0 Å². The van der Waals surface area contributed by atoms with E-state index in [2.05, 4.69) is 56.9 Å². The van der Waals surface area contributed by atoms with Gasteiger partial charge < -0.3 is 9.47 Å². The van der Waals surface area contributed by atoms with Crippen LogP contribution in [0.25, 0.3) is 0 Å². The molecule has 0 saturated heterocycles. The highest BCUT2D eigenvalue weighted by Gasteiger charge is 2.13. The van der Waals surface area contributed by atoms with E-state index in [1.54, 1.807) is 14.2 Å². The Kier molecular flexibility index (Phi) is 7.75. The molecule has 148 valence electrons. The molecular formula is C25H24BrNO2. The molecule has 0 radical (unpaired) electrons. The van der Waals surface area contributed by atoms with Crippen molar-refractivity contribution in [2.24, 2.45) is 0 Å². The largest absolute Gasteiger partial charge is 0.493 e. The predicted molar refractivity (Wildman–Crippen MR) is 121 cm³/mol. The van der Waals surface area contributed by atoms with Crippen LogP contribution >= 0.6 is 15.9 Å². The molecule has 4 heteroatoms. The summed E-state index contributed by atoms with van der Waals surface area (Å²) in [5.41, 5.74) is 3.41. The van der Waals surface area contributed by atoms with E-state index < -0.39 is 0 Å². The first-order chi connectivity index (χ1) is 14.2. The minimum atomic E-state index is 0.657. The highest BCUT2D eigenvalue weighted by atomic mass is 79.9. The fourth-order valence-corrected chi connectivity index (χ4v) is 3.49. The van der Waals surface area contributed by atoms with E-state index >= 15 is 0 Å². The standard InChI is InChI=1S/C25H24BrNO2/c1-28-24-16-22(23(26)17-25(24)29-2)19-27(18-21-12-7-4-8-13-21)15-9-14-20-10-5-3-6-11-20/h3-8,10-13,16-17H,15,18-19H2,1-2H3. The van der Waals surface area contributed by atoms with Gasteiger partial charge in [-0.1, -0.05) is 76.3 Å². The molecule has 0 heterocycles. The molecule has 3 rings (SSSR count). The molecular weight excluding hydrogens is 426 g/mol. The van der Waals surface area contributed by atoms with Crippen LogP contribution in [0, 0.1) is 11.8 Å². The van der Waals surface area contributed by atoms with Gasteiger partial charge in [-0.2, -0.15) is 0 Å². The Hall–Kier alpha value is -2.74. The van der Waals surface area contributed by atoms with Gasteiger partial charge in [0.25, 0.3) is 0 Å². The number of rotatable bonds is 7. The van der Waals surface area contributed by atoms with Gasteiger partial charge in [0.15, 0.2) is 11.5 Å². The topological polar surface area (TPSA) is 21.7 Å². The van der Waals surface area contributed by atoms with Crippen molar-refractivity contribution in [2.75, 3.05) is 20.8 Å². The van der Waals surface area contributed by atoms with Crippen molar-refractivity contribution in [3.63, 3.8) is 0 Å². The zero-order chi connectivity index (χ0) is 20.5. The summed E-state index contributed by atoms with van der Waals surface area (Å²) in [7, 11) is 3.30. The van der Waals surface area contributed by atoms with Gasteiger partial charge in [0.2, 0.25) is 0 Å². The maximum atomic E-state index is 5.48. The maximum Gasteiger partial charge on any atom is 0.161 e. The number of ether oxygens (including phenoxy) is 2. The minimum absolute atomic E-state index is 0.657. The molecule has 29 heavy (non-hydrogen) atoms. The summed E-state index contributed by atoms with van der Waals surface area (Å²) in [4.78, 5) is 2.32. The number of methoxy groups -OCH3 is 2. The molecule has 0 aliphatic rings. The van der Waals surface area contributed by atoms with Crippen molar-refractivity contribution in [1.29, 1.82) is 0 Å². The SMILES string of the molecule is COc1cc(Br)c(CN(CC#Cc2ccccc2)Cc2ccccc2)cc1OC. The molecule has 3 nitrogen and oxygen atoms in total. The molecule has 0 fully saturated rings. The van der Waals surface area contributed by atoms with E-state index in [0.29, 0.717) is 12.3 Å². The third kappa shape index (κ3) is 6.12. The second-order valence-electron chi connectivity index (χ2n) is 6.60. The summed E-state index contributed by atoms with van der Waals surface area (Å²) in [6.07, 6.45) is 0. The monoisotopic (exact) mass is 449 g/mol. The van der Waals surface area contributed by atoms with Crippen LogP contribution in [-0.4, -0.2) is 25.7 Å². The number of hydrogen-bond acceptors (Lipinski definition) is 3. The second-order valence-corrected chi connectivity index (χ2v) is 7.45. The lowest BCUT2D eigenvalue weighted by Crippen LogP contribution is -2.23. The molecule has 0 bridgehead atoms. The minimum Gasteiger partial charge on any atom is -0.493 e. The number of benzene rings is 3. The van der Waals surface area contributed by atoms with Crippen molar-refractivity contribution in [2.45, 2.75) is 13.1 Å². The zero-order valence-electron chi connectivity index (χ0n) is 16.7. The van der Waals surface area contributed by atoms with E-state index in [4.69, 9.17) is 9.47 Å². The van der Waals surface area contributed by atoms with Crippen molar-refractivity contribution in [1.82, 2.24) is 4.90 Å². The highest BCUT2D eigenvalue weighted by Crippen LogP contribution is 2.34. The van der Waals surface area contributed by atoms with E-state index in [1.807, 2.05) is 48.5 Å². The van der Waals surface area contributed by atoms with Gasteiger partial charge in [-0.05, 0) is 35.4 Å². The van der Waals surface area contributed by atoms with Crippen LogP contribution in [-0.2, 0) is 13.1 Å². The van der Waals surface area contributed by atoms with Crippen LogP contribution in [0.3, 0.4) is 0 Å². The molecule has 0 aliphatic carbocycles. The van der Waals surface area contributed by atoms with E-state index in [0.717, 1.165) is 34.4 Å². The first kappa shape index (κ1) is 21.0. The smallest absolute Gasteiger partial charge is 0.161 e. The average molecular weight is 450 g/mol. The first-order valence-corrected chi connectivity index (χ1v) is 10.2. The molecule has 0 amide bonds. The van der Waals surface area contributed by atoms with Crippen molar-refractivity contribution in [3.05, 3.63) is 94.0 Å². The summed E-state index contributed by atoms with van der Waals surface area (Å²) in [5.74, 6) is 8.00. The Morgan fingerprint density at radius 3 is 2.10 bits per heavy atom. The van der Waals surface area contributed by atoms with Gasteiger partial charge in [0.05, 0.1) is 20.8 Å². The van der Waals surface area contributed by atoms with Crippen LogP contribution in [0.4, 0.5) is 0 Å². The summed E-state index contributed by atoms with van der Waals surface area (Å²) in [5, 5.41) is 0. The summed E-state index contributed by atoms with van der Waals surface area (Å²) in [6.45, 7) is 2.20. The molecule has 0 spiro atoms. The van der Waals surface area contributed by atoms with Crippen LogP contribution < -0.4 is 9.47 Å². The Morgan fingerprint density at radius 2 is 1.45 bits per heavy atom. The highest BCUT2D eigenvalue weighted by molar-refractivity contribution is 9.10. The Morgan fingerprint density at radius 1 is 0.828 bits per heavy atom. The molecule has 0 atom stereocenters. The van der Waals surface area contributed by atoms with Crippen molar-refractivity contribution in [3.8, 4) is 23.3 Å². The lowest BCUT2D eigenvalue weighted by atomic mass is 10.1. The average Bonchev–Trinajstić information content (AvgIpc) is 2.76. The first-order valence-electron chi connectivity index (χ1n) is 9.40. The fourth-order valence-electron chi connectivity index (χ4n) is 3.04. The zero-order valence-corrected chi connectivity index (χ0v) is 18.3. The summed E-state index contributed by atoms with van der Waals surface area (Å²) in [6, 6.07) is 24.5. The Balaban J connectivity index is 1.82. The van der Waals surface area contributed by atoms with E-state index in [-0.39, 0.29) is 0 Å². The van der Waals surface area contributed by atoms with Crippen LogP contribution in [0.1, 0.15) is 16.7 Å². The predicted octanol–water partition coefficient (Wildman–Crippen LogP) is 5.52. The molecule has 0 N–H and O–H groups in total. The number of nitrogens with zero attached hydrogens (tertiary/aromatic N) is 1. The van der Waals surface area contributed by atoms with Crippen LogP contribution in [0.15, 0.2) is 77.3 Å². The van der Waals surface area contributed by atoms with Crippen LogP contribution in [0.2, 0.25) is 0 Å². The molecule has 0 unspecified atom stereocenters. The Bertz CT molecular complexity index is 978. The lowest BCUT2D eigenvalue weighted by Gasteiger charge is -2.21. The lowest BCUT2D eigenvalue weighted by molar-refractivity contribution is 0.288. The third-order valence-electron chi connectivity index (χ3n) is 4.50. The molecule has 3 aromatic rings. The van der Waals surface area contributed by atoms with Crippen LogP contribution in [0.5, 0.6) is 11.5 Å². The van der Waals surface area contributed by atoms with Gasteiger partial charge in [0, 0.05) is 23.1 Å². The Labute approximate surface area is 181 Å².